The van der Waals surface area contributed by atoms with Crippen LogP contribution in [0.15, 0.2) is 23.1 Å². The number of hydrogen-bond acceptors (Lipinski definition) is 5. The lowest BCUT2D eigenvalue weighted by atomic mass is 10.2. The summed E-state index contributed by atoms with van der Waals surface area (Å²) in [6.45, 7) is 2.00. The molecule has 1 unspecified atom stereocenters. The van der Waals surface area contributed by atoms with Crippen LogP contribution in [0.4, 0.5) is 0 Å². The van der Waals surface area contributed by atoms with Crippen molar-refractivity contribution in [2.75, 3.05) is 32.8 Å². The standard InChI is InChI=1S/C13H18N2O4S.ClH/c14-8-11-9-15(4-6-18-11)20(16,17)12-1-2-13-10(7-12)3-5-19-13;/h1-2,7,11H,3-6,8-9,14H2;1H. The molecule has 6 nitrogen and oxygen atoms in total. The first-order valence-corrected chi connectivity index (χ1v) is 8.13. The molecular formula is C13H19ClN2O4S. The van der Waals surface area contributed by atoms with Crippen LogP contribution in [0.2, 0.25) is 0 Å². The van der Waals surface area contributed by atoms with Crippen LogP contribution in [-0.2, 0) is 21.2 Å². The van der Waals surface area contributed by atoms with Crippen LogP contribution in [0.1, 0.15) is 5.56 Å². The van der Waals surface area contributed by atoms with Crippen LogP contribution in [0, 0.1) is 0 Å². The summed E-state index contributed by atoms with van der Waals surface area (Å²) in [6.07, 6.45) is 0.532. The van der Waals surface area contributed by atoms with Gasteiger partial charge in [0.2, 0.25) is 10.0 Å². The van der Waals surface area contributed by atoms with Crippen LogP contribution in [0.3, 0.4) is 0 Å². The van der Waals surface area contributed by atoms with Crippen molar-refractivity contribution in [3.8, 4) is 5.75 Å². The number of rotatable bonds is 3. The maximum atomic E-state index is 12.6. The first-order valence-electron chi connectivity index (χ1n) is 6.69. The number of nitrogens with two attached hydrogens (primary N) is 1. The summed E-state index contributed by atoms with van der Waals surface area (Å²) in [7, 11) is -3.48. The largest absolute Gasteiger partial charge is 0.493 e. The van der Waals surface area contributed by atoms with Gasteiger partial charge in [0.1, 0.15) is 5.75 Å². The molecular weight excluding hydrogens is 316 g/mol. The third kappa shape index (κ3) is 3.17. The highest BCUT2D eigenvalue weighted by atomic mass is 35.5. The predicted molar refractivity (Wildman–Crippen MR) is 80.4 cm³/mol. The van der Waals surface area contributed by atoms with E-state index in [2.05, 4.69) is 0 Å². The normalized spacial score (nSPS) is 22.2. The minimum absolute atomic E-state index is 0. The molecule has 8 heteroatoms. The number of halogens is 1. The van der Waals surface area contributed by atoms with Crippen molar-refractivity contribution in [2.24, 2.45) is 5.73 Å². The van der Waals surface area contributed by atoms with Crippen LogP contribution < -0.4 is 10.5 Å². The van der Waals surface area contributed by atoms with Crippen molar-refractivity contribution in [3.05, 3.63) is 23.8 Å². The molecule has 3 rings (SSSR count). The van der Waals surface area contributed by atoms with Gasteiger partial charge >= 0.3 is 0 Å². The van der Waals surface area contributed by atoms with Gasteiger partial charge in [0.05, 0.1) is 24.2 Å². The Kier molecular flexibility index (Phi) is 5.11. The second-order valence-electron chi connectivity index (χ2n) is 4.96. The van der Waals surface area contributed by atoms with E-state index in [0.29, 0.717) is 37.7 Å². The van der Waals surface area contributed by atoms with Gasteiger partial charge < -0.3 is 15.2 Å². The van der Waals surface area contributed by atoms with Crippen molar-refractivity contribution in [3.63, 3.8) is 0 Å². The highest BCUT2D eigenvalue weighted by Gasteiger charge is 2.31. The fraction of sp³-hybridized carbons (Fsp3) is 0.538. The Morgan fingerprint density at radius 2 is 2.14 bits per heavy atom. The van der Waals surface area contributed by atoms with Gasteiger partial charge in [-0.05, 0) is 23.8 Å². The molecule has 1 saturated heterocycles. The molecule has 2 heterocycles. The molecule has 21 heavy (non-hydrogen) atoms. The summed E-state index contributed by atoms with van der Waals surface area (Å²) in [5.74, 6) is 0.783. The number of morpholine rings is 1. The van der Waals surface area contributed by atoms with Gasteiger partial charge in [-0.1, -0.05) is 0 Å². The summed E-state index contributed by atoms with van der Waals surface area (Å²) in [4.78, 5) is 0.319. The lowest BCUT2D eigenvalue weighted by molar-refractivity contribution is 0.00450. The Labute approximate surface area is 130 Å². The van der Waals surface area contributed by atoms with Gasteiger partial charge in [-0.2, -0.15) is 4.31 Å². The Morgan fingerprint density at radius 1 is 1.33 bits per heavy atom. The molecule has 0 spiro atoms. The third-order valence-corrected chi connectivity index (χ3v) is 5.52. The number of fused-ring (bicyclic) bond motifs is 1. The lowest BCUT2D eigenvalue weighted by Gasteiger charge is -2.31. The summed E-state index contributed by atoms with van der Waals surface area (Å²) in [5, 5.41) is 0. The predicted octanol–water partition coefficient (Wildman–Crippen LogP) is 0.391. The quantitative estimate of drug-likeness (QED) is 0.865. The summed E-state index contributed by atoms with van der Waals surface area (Å²) in [5.41, 5.74) is 6.51. The first-order chi connectivity index (χ1) is 9.61. The SMILES string of the molecule is Cl.NCC1CN(S(=O)(=O)c2ccc3c(c2)CCO3)CCO1. The molecule has 0 saturated carbocycles. The topological polar surface area (TPSA) is 81.9 Å². The van der Waals surface area contributed by atoms with Crippen LogP contribution in [-0.4, -0.2) is 51.7 Å². The molecule has 1 atom stereocenters. The average Bonchev–Trinajstić information content (AvgIpc) is 2.94. The van der Waals surface area contributed by atoms with E-state index in [1.165, 1.54) is 4.31 Å². The number of hydrogen-bond donors (Lipinski definition) is 1. The summed E-state index contributed by atoms with van der Waals surface area (Å²) >= 11 is 0. The minimum Gasteiger partial charge on any atom is -0.493 e. The van der Waals surface area contributed by atoms with Crippen molar-refractivity contribution >= 4 is 22.4 Å². The van der Waals surface area contributed by atoms with Crippen LogP contribution >= 0.6 is 12.4 Å². The fourth-order valence-corrected chi connectivity index (χ4v) is 4.03. The van der Waals surface area contributed by atoms with Crippen LogP contribution in [0.5, 0.6) is 5.75 Å². The lowest BCUT2D eigenvalue weighted by Crippen LogP contribution is -2.48. The second kappa shape index (κ2) is 6.50. The van der Waals surface area contributed by atoms with E-state index < -0.39 is 10.0 Å². The third-order valence-electron chi connectivity index (χ3n) is 3.66. The molecule has 0 bridgehead atoms. The monoisotopic (exact) mass is 334 g/mol. The van der Waals surface area contributed by atoms with Gasteiger partial charge in [0.25, 0.3) is 0 Å². The van der Waals surface area contributed by atoms with Gasteiger partial charge in [-0.3, -0.25) is 0 Å². The highest BCUT2D eigenvalue weighted by molar-refractivity contribution is 7.89. The fourth-order valence-electron chi connectivity index (χ4n) is 2.53. The van der Waals surface area contributed by atoms with E-state index >= 15 is 0 Å². The zero-order valence-corrected chi connectivity index (χ0v) is 13.2. The molecule has 0 aliphatic carbocycles. The van der Waals surface area contributed by atoms with Crippen molar-refractivity contribution in [1.82, 2.24) is 4.31 Å². The maximum Gasteiger partial charge on any atom is 0.243 e. The Morgan fingerprint density at radius 3 is 2.90 bits per heavy atom. The zero-order chi connectivity index (χ0) is 14.2. The first kappa shape index (κ1) is 16.5. The minimum atomic E-state index is -3.48. The molecule has 0 radical (unpaired) electrons. The average molecular weight is 335 g/mol. The summed E-state index contributed by atoms with van der Waals surface area (Å²) < 4.78 is 37.5. The summed E-state index contributed by atoms with van der Waals surface area (Å²) in [6, 6.07) is 5.05. The molecule has 1 aromatic rings. The molecule has 118 valence electrons. The van der Waals surface area contributed by atoms with E-state index in [9.17, 15) is 8.42 Å². The van der Waals surface area contributed by atoms with E-state index in [0.717, 1.165) is 17.7 Å². The van der Waals surface area contributed by atoms with Gasteiger partial charge in [0, 0.05) is 26.1 Å². The molecule has 1 fully saturated rings. The van der Waals surface area contributed by atoms with Crippen molar-refractivity contribution < 1.29 is 17.9 Å². The Bertz CT molecular complexity index is 608. The van der Waals surface area contributed by atoms with Gasteiger partial charge in [0.15, 0.2) is 0 Å². The number of nitrogens with zero attached hydrogens (tertiary/aromatic N) is 1. The Hall–Kier alpha value is -0.860. The molecule has 2 N–H and O–H groups in total. The number of sulfonamides is 1. The molecule has 2 aliphatic heterocycles. The van der Waals surface area contributed by atoms with E-state index in [1.807, 2.05) is 0 Å². The smallest absolute Gasteiger partial charge is 0.243 e. The zero-order valence-electron chi connectivity index (χ0n) is 11.5. The maximum absolute atomic E-state index is 12.6. The van der Waals surface area contributed by atoms with Crippen molar-refractivity contribution in [2.45, 2.75) is 17.4 Å². The van der Waals surface area contributed by atoms with Gasteiger partial charge in [-0.25, -0.2) is 8.42 Å². The van der Waals surface area contributed by atoms with E-state index in [-0.39, 0.29) is 18.5 Å². The van der Waals surface area contributed by atoms with Crippen molar-refractivity contribution in [1.29, 1.82) is 0 Å². The molecule has 2 aliphatic rings. The number of ether oxygens (including phenoxy) is 2. The van der Waals surface area contributed by atoms with Crippen LogP contribution in [0.25, 0.3) is 0 Å². The second-order valence-corrected chi connectivity index (χ2v) is 6.90. The number of benzene rings is 1. The molecule has 0 amide bonds. The molecule has 1 aromatic carbocycles. The van der Waals surface area contributed by atoms with E-state index in [4.69, 9.17) is 15.2 Å². The highest BCUT2D eigenvalue weighted by Crippen LogP contribution is 2.29. The Balaban J connectivity index is 0.00000161. The van der Waals surface area contributed by atoms with Gasteiger partial charge in [-0.15, -0.1) is 12.4 Å². The molecule has 0 aromatic heterocycles. The van der Waals surface area contributed by atoms with E-state index in [1.54, 1.807) is 18.2 Å².